The molecule has 3 rings (SSSR count). The van der Waals surface area contributed by atoms with Gasteiger partial charge in [0.1, 0.15) is 0 Å². The van der Waals surface area contributed by atoms with E-state index in [0.717, 1.165) is 5.25 Å². The molecule has 0 bridgehead atoms. The van der Waals surface area contributed by atoms with Crippen LogP contribution < -0.4 is 5.32 Å². The van der Waals surface area contributed by atoms with Crippen molar-refractivity contribution in [2.75, 3.05) is 6.54 Å². The first-order valence-corrected chi connectivity index (χ1v) is 9.03. The molecule has 1 fully saturated rings. The lowest BCUT2D eigenvalue weighted by Crippen LogP contribution is -2.37. The fraction of sp³-hybridized carbons (Fsp3) is 0.667. The molecule has 1 nitrogen and oxygen atoms in total. The Balaban J connectivity index is 1.63. The van der Waals surface area contributed by atoms with E-state index >= 15 is 0 Å². The molecule has 1 saturated carbocycles. The van der Waals surface area contributed by atoms with Gasteiger partial charge in [0.15, 0.2) is 0 Å². The minimum atomic E-state index is 0.573. The highest BCUT2D eigenvalue weighted by atomic mass is 32.2. The predicted molar refractivity (Wildman–Crippen MR) is 88.4 cm³/mol. The van der Waals surface area contributed by atoms with Crippen molar-refractivity contribution in [2.24, 2.45) is 5.41 Å². The molecular weight excluding hydrogens is 262 g/mol. The van der Waals surface area contributed by atoms with Crippen LogP contribution >= 0.6 is 11.8 Å². The second-order valence-electron chi connectivity index (χ2n) is 7.00. The lowest BCUT2D eigenvalue weighted by Gasteiger charge is -2.32. The number of fused-ring (bicyclic) bond motifs is 1. The highest BCUT2D eigenvalue weighted by Gasteiger charge is 2.37. The zero-order valence-corrected chi connectivity index (χ0v) is 13.6. The van der Waals surface area contributed by atoms with Crippen molar-refractivity contribution in [3.63, 3.8) is 0 Å². The van der Waals surface area contributed by atoms with Gasteiger partial charge in [-0.1, -0.05) is 44.9 Å². The van der Waals surface area contributed by atoms with Crippen LogP contribution in [0.4, 0.5) is 0 Å². The van der Waals surface area contributed by atoms with E-state index in [1.165, 1.54) is 50.0 Å². The quantitative estimate of drug-likeness (QED) is 0.846. The van der Waals surface area contributed by atoms with E-state index in [0.29, 0.717) is 11.5 Å². The Morgan fingerprint density at radius 3 is 2.70 bits per heavy atom. The standard InChI is InChI=1S/C18H27NS/c1-14(2)19-13-18(9-5-6-10-18)12-16-11-15-7-3-4-8-17(15)20-16/h3-4,7-8,14,16,19H,5-6,9-13H2,1-2H3. The molecule has 1 unspecified atom stereocenters. The van der Waals surface area contributed by atoms with E-state index in [2.05, 4.69) is 55.2 Å². The topological polar surface area (TPSA) is 12.0 Å². The van der Waals surface area contributed by atoms with E-state index in [4.69, 9.17) is 0 Å². The van der Waals surface area contributed by atoms with Crippen molar-refractivity contribution in [1.29, 1.82) is 0 Å². The number of rotatable bonds is 5. The average Bonchev–Trinajstić information content (AvgIpc) is 3.03. The molecule has 1 aromatic carbocycles. The molecule has 0 aromatic heterocycles. The van der Waals surface area contributed by atoms with Crippen molar-refractivity contribution in [1.82, 2.24) is 5.32 Å². The summed E-state index contributed by atoms with van der Waals surface area (Å²) in [6.45, 7) is 5.75. The van der Waals surface area contributed by atoms with Gasteiger partial charge in [-0.05, 0) is 42.7 Å². The summed E-state index contributed by atoms with van der Waals surface area (Å²) in [5.74, 6) is 0. The summed E-state index contributed by atoms with van der Waals surface area (Å²) in [5, 5.41) is 4.52. The maximum Gasteiger partial charge on any atom is 0.0141 e. The lowest BCUT2D eigenvalue weighted by molar-refractivity contribution is 0.248. The predicted octanol–water partition coefficient (Wildman–Crippen LogP) is 4.65. The largest absolute Gasteiger partial charge is 0.314 e. The van der Waals surface area contributed by atoms with Gasteiger partial charge in [0.25, 0.3) is 0 Å². The first-order valence-electron chi connectivity index (χ1n) is 8.15. The van der Waals surface area contributed by atoms with Crippen LogP contribution in [0.25, 0.3) is 0 Å². The maximum atomic E-state index is 3.71. The van der Waals surface area contributed by atoms with Crippen LogP contribution in [-0.4, -0.2) is 17.8 Å². The minimum Gasteiger partial charge on any atom is -0.314 e. The molecule has 1 heterocycles. The maximum absolute atomic E-state index is 3.71. The van der Waals surface area contributed by atoms with Gasteiger partial charge in [-0.15, -0.1) is 11.8 Å². The van der Waals surface area contributed by atoms with E-state index < -0.39 is 0 Å². The molecule has 1 aromatic rings. The average molecular weight is 289 g/mol. The van der Waals surface area contributed by atoms with Gasteiger partial charge in [0.05, 0.1) is 0 Å². The summed E-state index contributed by atoms with van der Waals surface area (Å²) >= 11 is 2.13. The summed E-state index contributed by atoms with van der Waals surface area (Å²) in [5.41, 5.74) is 2.15. The first kappa shape index (κ1) is 14.5. The number of hydrogen-bond donors (Lipinski definition) is 1. The molecule has 1 aliphatic carbocycles. The van der Waals surface area contributed by atoms with Crippen LogP contribution in [0.3, 0.4) is 0 Å². The molecule has 0 amide bonds. The molecule has 1 atom stereocenters. The number of nitrogens with one attached hydrogen (secondary N) is 1. The van der Waals surface area contributed by atoms with Crippen LogP contribution in [0.1, 0.15) is 51.5 Å². The van der Waals surface area contributed by atoms with Crippen molar-refractivity contribution >= 4 is 11.8 Å². The fourth-order valence-electron chi connectivity index (χ4n) is 3.85. The van der Waals surface area contributed by atoms with Crippen LogP contribution in [0.5, 0.6) is 0 Å². The first-order chi connectivity index (χ1) is 9.67. The SMILES string of the molecule is CC(C)NCC1(CC2Cc3ccccc3S2)CCCC1. The summed E-state index contributed by atoms with van der Waals surface area (Å²) in [6, 6.07) is 9.60. The van der Waals surface area contributed by atoms with E-state index in [1.807, 2.05) is 0 Å². The molecule has 0 spiro atoms. The van der Waals surface area contributed by atoms with Gasteiger partial charge in [-0.3, -0.25) is 0 Å². The normalized spacial score (nSPS) is 24.2. The van der Waals surface area contributed by atoms with Crippen LogP contribution in [0.2, 0.25) is 0 Å². The van der Waals surface area contributed by atoms with Gasteiger partial charge < -0.3 is 5.32 Å². The Kier molecular flexibility index (Phi) is 4.42. The van der Waals surface area contributed by atoms with Crippen LogP contribution in [-0.2, 0) is 6.42 Å². The number of thioether (sulfide) groups is 1. The summed E-state index contributed by atoms with van der Waals surface area (Å²) < 4.78 is 0. The van der Waals surface area contributed by atoms with Crippen LogP contribution in [0, 0.1) is 5.41 Å². The van der Waals surface area contributed by atoms with E-state index in [-0.39, 0.29) is 0 Å². The van der Waals surface area contributed by atoms with Crippen molar-refractivity contribution in [3.8, 4) is 0 Å². The van der Waals surface area contributed by atoms with Crippen molar-refractivity contribution in [3.05, 3.63) is 29.8 Å². The molecule has 1 N–H and O–H groups in total. The Morgan fingerprint density at radius 2 is 2.00 bits per heavy atom. The second kappa shape index (κ2) is 6.11. The molecule has 20 heavy (non-hydrogen) atoms. The highest BCUT2D eigenvalue weighted by molar-refractivity contribution is 8.00. The smallest absolute Gasteiger partial charge is 0.0141 e. The molecule has 110 valence electrons. The zero-order chi connectivity index (χ0) is 14.0. The monoisotopic (exact) mass is 289 g/mol. The number of benzene rings is 1. The molecule has 2 heteroatoms. The molecule has 0 radical (unpaired) electrons. The Morgan fingerprint density at radius 1 is 1.25 bits per heavy atom. The van der Waals surface area contributed by atoms with Crippen molar-refractivity contribution < 1.29 is 0 Å². The summed E-state index contributed by atoms with van der Waals surface area (Å²) in [4.78, 5) is 1.53. The van der Waals surface area contributed by atoms with E-state index in [1.54, 1.807) is 5.56 Å². The lowest BCUT2D eigenvalue weighted by atomic mass is 9.80. The zero-order valence-electron chi connectivity index (χ0n) is 12.8. The molecule has 0 saturated heterocycles. The van der Waals surface area contributed by atoms with Gasteiger partial charge in [0.2, 0.25) is 0 Å². The third kappa shape index (κ3) is 3.23. The highest BCUT2D eigenvalue weighted by Crippen LogP contribution is 2.48. The molecular formula is C18H27NS. The Labute approximate surface area is 127 Å². The van der Waals surface area contributed by atoms with Gasteiger partial charge in [-0.2, -0.15) is 0 Å². The van der Waals surface area contributed by atoms with Gasteiger partial charge in [0, 0.05) is 22.7 Å². The molecule has 2 aliphatic rings. The van der Waals surface area contributed by atoms with Crippen molar-refractivity contribution in [2.45, 2.75) is 68.6 Å². The summed E-state index contributed by atoms with van der Waals surface area (Å²) in [6.07, 6.45) is 8.41. The summed E-state index contributed by atoms with van der Waals surface area (Å²) in [7, 11) is 0. The van der Waals surface area contributed by atoms with Gasteiger partial charge in [-0.25, -0.2) is 0 Å². The van der Waals surface area contributed by atoms with Crippen LogP contribution in [0.15, 0.2) is 29.2 Å². The van der Waals surface area contributed by atoms with Gasteiger partial charge >= 0.3 is 0 Å². The Hall–Kier alpha value is -0.470. The van der Waals surface area contributed by atoms with E-state index in [9.17, 15) is 0 Å². The minimum absolute atomic E-state index is 0.573. The Bertz CT molecular complexity index is 423. The number of hydrogen-bond acceptors (Lipinski definition) is 2. The third-order valence-electron chi connectivity index (χ3n) is 4.92. The second-order valence-corrected chi connectivity index (χ2v) is 8.34. The third-order valence-corrected chi connectivity index (χ3v) is 6.24. The fourth-order valence-corrected chi connectivity index (χ4v) is 5.37. The molecule has 1 aliphatic heterocycles.